The number of aryl methyl sites for hydroxylation is 1. The first kappa shape index (κ1) is 16.0. The van der Waals surface area contributed by atoms with Crippen LogP contribution in [0.1, 0.15) is 30.3 Å². The first-order valence-corrected chi connectivity index (χ1v) is 7.97. The molecule has 2 aromatic rings. The minimum absolute atomic E-state index is 0.152. The van der Waals surface area contributed by atoms with Crippen LogP contribution in [0.15, 0.2) is 40.9 Å². The number of nitrogens with two attached hydrogens (primary N) is 1. The zero-order chi connectivity index (χ0) is 15.2. The minimum Gasteiger partial charge on any atom is -0.487 e. The second-order valence-corrected chi connectivity index (χ2v) is 6.10. The number of hydrogen-bond donors (Lipinski definition) is 1. The van der Waals surface area contributed by atoms with Gasteiger partial charge in [-0.1, -0.05) is 28.9 Å². The molecule has 1 heterocycles. The molecule has 112 valence electrons. The number of rotatable bonds is 6. The lowest BCUT2D eigenvalue weighted by Crippen LogP contribution is -2.21. The molecule has 2 rings (SSSR count). The maximum atomic E-state index is 6.07. The third-order valence-corrected chi connectivity index (χ3v) is 3.84. The summed E-state index contributed by atoms with van der Waals surface area (Å²) in [6.07, 6.45) is 1.76. The number of aromatic nitrogens is 1. The van der Waals surface area contributed by atoms with Crippen LogP contribution in [0.2, 0.25) is 0 Å². The average molecular weight is 349 g/mol. The Balaban J connectivity index is 2.11. The highest BCUT2D eigenvalue weighted by Gasteiger charge is 2.09. The first-order chi connectivity index (χ1) is 10.1. The van der Waals surface area contributed by atoms with E-state index in [2.05, 4.69) is 33.9 Å². The standard InChI is InChI=1S/C17H21BrN2O/c1-3-15(19)10-13-9-14(18)7-8-17(13)21-11-16-6-4-5-12(2)20-16/h4-9,15H,3,10-11,19H2,1-2H3. The van der Waals surface area contributed by atoms with Gasteiger partial charge in [-0.05, 0) is 55.7 Å². The molecule has 1 aromatic heterocycles. The summed E-state index contributed by atoms with van der Waals surface area (Å²) < 4.78 is 6.98. The lowest BCUT2D eigenvalue weighted by Gasteiger charge is -2.15. The maximum Gasteiger partial charge on any atom is 0.130 e. The van der Waals surface area contributed by atoms with E-state index in [-0.39, 0.29) is 6.04 Å². The molecule has 0 aliphatic rings. The number of benzene rings is 1. The van der Waals surface area contributed by atoms with Gasteiger partial charge in [0.05, 0.1) is 5.69 Å². The van der Waals surface area contributed by atoms with Crippen molar-refractivity contribution in [1.29, 1.82) is 0 Å². The molecule has 0 aliphatic carbocycles. The van der Waals surface area contributed by atoms with Gasteiger partial charge in [0.2, 0.25) is 0 Å². The van der Waals surface area contributed by atoms with Crippen molar-refractivity contribution in [2.45, 2.75) is 39.3 Å². The van der Waals surface area contributed by atoms with Gasteiger partial charge >= 0.3 is 0 Å². The monoisotopic (exact) mass is 348 g/mol. The Morgan fingerprint density at radius 3 is 2.81 bits per heavy atom. The summed E-state index contributed by atoms with van der Waals surface area (Å²) in [5.41, 5.74) is 9.13. The summed E-state index contributed by atoms with van der Waals surface area (Å²) >= 11 is 3.50. The Morgan fingerprint density at radius 1 is 1.29 bits per heavy atom. The van der Waals surface area contributed by atoms with Crippen LogP contribution in [0.4, 0.5) is 0 Å². The second-order valence-electron chi connectivity index (χ2n) is 5.18. The summed E-state index contributed by atoms with van der Waals surface area (Å²) in [5.74, 6) is 0.880. The smallest absolute Gasteiger partial charge is 0.130 e. The van der Waals surface area contributed by atoms with Crippen molar-refractivity contribution in [3.05, 3.63) is 57.8 Å². The van der Waals surface area contributed by atoms with E-state index < -0.39 is 0 Å². The van der Waals surface area contributed by atoms with Gasteiger partial charge in [-0.25, -0.2) is 0 Å². The Bertz CT molecular complexity index is 601. The number of pyridine rings is 1. The molecule has 0 bridgehead atoms. The van der Waals surface area contributed by atoms with Crippen LogP contribution in [0.25, 0.3) is 0 Å². The fraction of sp³-hybridized carbons (Fsp3) is 0.353. The van der Waals surface area contributed by atoms with Crippen molar-refractivity contribution in [2.24, 2.45) is 5.73 Å². The predicted octanol–water partition coefficient (Wildman–Crippen LogP) is 4.01. The second kappa shape index (κ2) is 7.57. The van der Waals surface area contributed by atoms with Crippen LogP contribution in [0.3, 0.4) is 0 Å². The third-order valence-electron chi connectivity index (χ3n) is 3.35. The number of halogens is 1. The molecule has 0 fully saturated rings. The van der Waals surface area contributed by atoms with Gasteiger partial charge in [0.25, 0.3) is 0 Å². The lowest BCUT2D eigenvalue weighted by atomic mass is 10.0. The van der Waals surface area contributed by atoms with E-state index in [1.807, 2.05) is 37.3 Å². The molecule has 0 radical (unpaired) electrons. The molecule has 1 unspecified atom stereocenters. The van der Waals surface area contributed by atoms with Crippen molar-refractivity contribution in [3.63, 3.8) is 0 Å². The van der Waals surface area contributed by atoms with Crippen LogP contribution < -0.4 is 10.5 Å². The van der Waals surface area contributed by atoms with Crippen LogP contribution in [0, 0.1) is 6.92 Å². The minimum atomic E-state index is 0.152. The highest BCUT2D eigenvalue weighted by Crippen LogP contribution is 2.25. The van der Waals surface area contributed by atoms with Gasteiger partial charge in [-0.3, -0.25) is 4.98 Å². The van der Waals surface area contributed by atoms with E-state index in [4.69, 9.17) is 10.5 Å². The number of hydrogen-bond acceptors (Lipinski definition) is 3. The molecule has 0 saturated heterocycles. The molecule has 0 amide bonds. The molecule has 1 atom stereocenters. The molecule has 0 aliphatic heterocycles. The third kappa shape index (κ3) is 4.83. The van der Waals surface area contributed by atoms with Crippen LogP contribution in [-0.2, 0) is 13.0 Å². The molecule has 21 heavy (non-hydrogen) atoms. The van der Waals surface area contributed by atoms with Gasteiger partial charge in [0, 0.05) is 16.2 Å². The summed E-state index contributed by atoms with van der Waals surface area (Å²) in [5, 5.41) is 0. The van der Waals surface area contributed by atoms with E-state index in [0.717, 1.165) is 40.0 Å². The molecule has 2 N–H and O–H groups in total. The van der Waals surface area contributed by atoms with E-state index in [9.17, 15) is 0 Å². The summed E-state index contributed by atoms with van der Waals surface area (Å²) in [6.45, 7) is 4.55. The first-order valence-electron chi connectivity index (χ1n) is 7.18. The Labute approximate surface area is 134 Å². The lowest BCUT2D eigenvalue weighted by molar-refractivity contribution is 0.297. The van der Waals surface area contributed by atoms with Crippen molar-refractivity contribution in [2.75, 3.05) is 0 Å². The van der Waals surface area contributed by atoms with E-state index in [1.165, 1.54) is 0 Å². The van der Waals surface area contributed by atoms with Crippen molar-refractivity contribution in [3.8, 4) is 5.75 Å². The van der Waals surface area contributed by atoms with Gasteiger partial charge in [-0.2, -0.15) is 0 Å². The van der Waals surface area contributed by atoms with Gasteiger partial charge in [-0.15, -0.1) is 0 Å². The Kier molecular flexibility index (Phi) is 5.76. The van der Waals surface area contributed by atoms with Gasteiger partial charge in [0.15, 0.2) is 0 Å². The summed E-state index contributed by atoms with van der Waals surface area (Å²) in [7, 11) is 0. The molecular formula is C17H21BrN2O. The van der Waals surface area contributed by atoms with E-state index in [0.29, 0.717) is 6.61 Å². The zero-order valence-corrected chi connectivity index (χ0v) is 14.1. The average Bonchev–Trinajstić information content (AvgIpc) is 2.46. The van der Waals surface area contributed by atoms with Crippen molar-refractivity contribution in [1.82, 2.24) is 4.98 Å². The van der Waals surface area contributed by atoms with E-state index >= 15 is 0 Å². The van der Waals surface area contributed by atoms with Gasteiger partial charge < -0.3 is 10.5 Å². The maximum absolute atomic E-state index is 6.07. The SMILES string of the molecule is CCC(N)Cc1cc(Br)ccc1OCc1cccc(C)n1. The molecule has 0 spiro atoms. The zero-order valence-electron chi connectivity index (χ0n) is 12.5. The fourth-order valence-corrected chi connectivity index (χ4v) is 2.52. The van der Waals surface area contributed by atoms with Crippen molar-refractivity contribution < 1.29 is 4.74 Å². The highest BCUT2D eigenvalue weighted by atomic mass is 79.9. The largest absolute Gasteiger partial charge is 0.487 e. The molecule has 0 saturated carbocycles. The van der Waals surface area contributed by atoms with Crippen molar-refractivity contribution >= 4 is 15.9 Å². The fourth-order valence-electron chi connectivity index (χ4n) is 2.11. The summed E-state index contributed by atoms with van der Waals surface area (Å²) in [6, 6.07) is 12.2. The quantitative estimate of drug-likeness (QED) is 0.857. The molecular weight excluding hydrogens is 328 g/mol. The topological polar surface area (TPSA) is 48.1 Å². The number of ether oxygens (including phenoxy) is 1. The molecule has 4 heteroatoms. The van der Waals surface area contributed by atoms with Crippen LogP contribution in [-0.4, -0.2) is 11.0 Å². The highest BCUT2D eigenvalue weighted by molar-refractivity contribution is 9.10. The Hall–Kier alpha value is -1.39. The van der Waals surface area contributed by atoms with Crippen LogP contribution >= 0.6 is 15.9 Å². The molecule has 3 nitrogen and oxygen atoms in total. The Morgan fingerprint density at radius 2 is 2.10 bits per heavy atom. The van der Waals surface area contributed by atoms with Crippen LogP contribution in [0.5, 0.6) is 5.75 Å². The summed E-state index contributed by atoms with van der Waals surface area (Å²) in [4.78, 5) is 4.45. The normalized spacial score (nSPS) is 12.2. The van der Waals surface area contributed by atoms with Gasteiger partial charge in [0.1, 0.15) is 12.4 Å². The number of nitrogens with zero attached hydrogens (tertiary/aromatic N) is 1. The molecule has 1 aromatic carbocycles. The van der Waals surface area contributed by atoms with E-state index in [1.54, 1.807) is 0 Å². The predicted molar refractivity (Wildman–Crippen MR) is 89.4 cm³/mol.